The van der Waals surface area contributed by atoms with Gasteiger partial charge in [-0.1, -0.05) is 30.3 Å². The minimum atomic E-state index is -0.465. The molecule has 3 N–H and O–H groups in total. The fraction of sp³-hybridized carbons (Fsp3) is 0.250. The number of nitrogens with one attached hydrogen (secondary N) is 1. The number of hydrogen-bond donors (Lipinski definition) is 2. The van der Waals surface area contributed by atoms with E-state index in [1.807, 2.05) is 42.7 Å². The zero-order valence-corrected chi connectivity index (χ0v) is 12.4. The summed E-state index contributed by atoms with van der Waals surface area (Å²) in [4.78, 5) is 24.3. The number of ketones is 1. The Bertz CT molecular complexity index is 674. The van der Waals surface area contributed by atoms with Crippen LogP contribution in [0.4, 0.5) is 0 Å². The van der Waals surface area contributed by atoms with Gasteiger partial charge in [-0.25, -0.2) is 5.84 Å². The maximum Gasteiger partial charge on any atom is 0.256 e. The van der Waals surface area contributed by atoms with E-state index in [1.165, 1.54) is 0 Å². The maximum atomic E-state index is 12.6. The monoisotopic (exact) mass is 285 g/mol. The summed E-state index contributed by atoms with van der Waals surface area (Å²) in [5.74, 6) is 4.85. The van der Waals surface area contributed by atoms with Crippen molar-refractivity contribution in [3.05, 3.63) is 58.9 Å². The number of hydrogen-bond acceptors (Lipinski definition) is 3. The zero-order chi connectivity index (χ0) is 15.6. The number of hydrazine groups is 1. The molecule has 5 nitrogen and oxygen atoms in total. The number of nitrogens with two attached hydrogens (primary N) is 1. The molecule has 1 atom stereocenters. The van der Waals surface area contributed by atoms with E-state index in [0.717, 1.165) is 11.4 Å². The molecule has 1 aromatic carbocycles. The van der Waals surface area contributed by atoms with Gasteiger partial charge in [0.2, 0.25) is 0 Å². The van der Waals surface area contributed by atoms with Gasteiger partial charge in [0.05, 0.1) is 0 Å². The first-order chi connectivity index (χ1) is 9.97. The molecule has 21 heavy (non-hydrogen) atoms. The van der Waals surface area contributed by atoms with Crippen molar-refractivity contribution in [2.75, 3.05) is 0 Å². The third-order valence-electron chi connectivity index (χ3n) is 3.67. The van der Waals surface area contributed by atoms with Gasteiger partial charge in [0, 0.05) is 22.5 Å². The van der Waals surface area contributed by atoms with E-state index >= 15 is 0 Å². The molecule has 0 aliphatic heterocycles. The number of aryl methyl sites for hydroxylation is 1. The quantitative estimate of drug-likeness (QED) is 0.390. The van der Waals surface area contributed by atoms with Gasteiger partial charge in [0.25, 0.3) is 5.91 Å². The van der Waals surface area contributed by atoms with Crippen LogP contribution in [0.5, 0.6) is 0 Å². The molecule has 0 bridgehead atoms. The summed E-state index contributed by atoms with van der Waals surface area (Å²) in [5, 5.41) is 0. The molecule has 0 spiro atoms. The van der Waals surface area contributed by atoms with E-state index in [4.69, 9.17) is 5.84 Å². The van der Waals surface area contributed by atoms with Gasteiger partial charge in [-0.15, -0.1) is 0 Å². The number of rotatable bonds is 4. The van der Waals surface area contributed by atoms with Crippen LogP contribution in [-0.4, -0.2) is 16.3 Å². The third kappa shape index (κ3) is 2.73. The van der Waals surface area contributed by atoms with E-state index in [2.05, 4.69) is 5.43 Å². The van der Waals surface area contributed by atoms with Crippen molar-refractivity contribution in [1.29, 1.82) is 0 Å². The number of benzene rings is 1. The largest absolute Gasteiger partial charge is 0.336 e. The number of carbonyl (C=O) groups excluding carboxylic acids is 2. The lowest BCUT2D eigenvalue weighted by Gasteiger charge is -2.16. The molecule has 110 valence electrons. The van der Waals surface area contributed by atoms with Crippen LogP contribution >= 0.6 is 0 Å². The molecule has 1 heterocycles. The summed E-state index contributed by atoms with van der Waals surface area (Å²) in [6.07, 6.45) is 0. The second-order valence-electron chi connectivity index (χ2n) is 5.03. The lowest BCUT2D eigenvalue weighted by molar-refractivity contribution is -0.124. The van der Waals surface area contributed by atoms with E-state index in [9.17, 15) is 9.59 Å². The van der Waals surface area contributed by atoms with Crippen LogP contribution in [0.15, 0.2) is 36.4 Å². The maximum absolute atomic E-state index is 12.6. The average molecular weight is 285 g/mol. The summed E-state index contributed by atoms with van der Waals surface area (Å²) >= 11 is 0. The molecule has 0 aliphatic rings. The van der Waals surface area contributed by atoms with E-state index in [0.29, 0.717) is 11.1 Å². The Labute approximate surface area is 123 Å². The summed E-state index contributed by atoms with van der Waals surface area (Å²) in [5.41, 5.74) is 4.99. The number of nitrogens with zero attached hydrogens (tertiary/aromatic N) is 1. The van der Waals surface area contributed by atoms with Gasteiger partial charge in [-0.3, -0.25) is 15.0 Å². The molecule has 2 rings (SSSR count). The van der Waals surface area contributed by atoms with Crippen molar-refractivity contribution < 1.29 is 9.59 Å². The minimum Gasteiger partial charge on any atom is -0.336 e. The van der Waals surface area contributed by atoms with E-state index in [-0.39, 0.29) is 11.7 Å². The highest BCUT2D eigenvalue weighted by Crippen LogP contribution is 2.23. The molecule has 5 heteroatoms. The number of carbonyl (C=O) groups is 2. The van der Waals surface area contributed by atoms with Crippen LogP contribution in [0.25, 0.3) is 0 Å². The molecular weight excluding hydrogens is 266 g/mol. The lowest BCUT2D eigenvalue weighted by Crippen LogP contribution is -2.36. The third-order valence-corrected chi connectivity index (χ3v) is 3.67. The van der Waals surface area contributed by atoms with Crippen LogP contribution in [0.1, 0.15) is 40.3 Å². The van der Waals surface area contributed by atoms with Crippen LogP contribution in [0.2, 0.25) is 0 Å². The predicted octanol–water partition coefficient (Wildman–Crippen LogP) is 1.89. The Hall–Kier alpha value is -2.40. The van der Waals surface area contributed by atoms with E-state index < -0.39 is 6.04 Å². The second kappa shape index (κ2) is 5.93. The zero-order valence-electron chi connectivity index (χ0n) is 12.4. The highest BCUT2D eigenvalue weighted by molar-refractivity contribution is 6.10. The summed E-state index contributed by atoms with van der Waals surface area (Å²) in [6.45, 7) is 5.46. The molecule has 0 saturated carbocycles. The molecule has 0 radical (unpaired) electrons. The van der Waals surface area contributed by atoms with Crippen LogP contribution in [0, 0.1) is 13.8 Å². The van der Waals surface area contributed by atoms with Gasteiger partial charge < -0.3 is 4.57 Å². The molecule has 0 fully saturated rings. The smallest absolute Gasteiger partial charge is 0.256 e. The van der Waals surface area contributed by atoms with Crippen molar-refractivity contribution in [3.8, 4) is 0 Å². The summed E-state index contributed by atoms with van der Waals surface area (Å²) < 4.78 is 1.82. The average Bonchev–Trinajstić information content (AvgIpc) is 2.80. The molecule has 1 unspecified atom stereocenters. The van der Waals surface area contributed by atoms with Gasteiger partial charge in [0.1, 0.15) is 6.04 Å². The van der Waals surface area contributed by atoms with Crippen LogP contribution in [-0.2, 0) is 4.79 Å². The lowest BCUT2D eigenvalue weighted by atomic mass is 10.0. The van der Waals surface area contributed by atoms with Gasteiger partial charge in [-0.2, -0.15) is 0 Å². The first kappa shape index (κ1) is 15.0. The Balaban J connectivity index is 2.44. The molecular formula is C16H19N3O2. The second-order valence-corrected chi connectivity index (χ2v) is 5.03. The molecule has 0 aliphatic carbocycles. The topological polar surface area (TPSA) is 77.1 Å². The fourth-order valence-electron chi connectivity index (χ4n) is 2.59. The standard InChI is InChI=1S/C16H19N3O2/c1-10-9-14(15(20)13-7-5-4-6-8-13)11(2)19(10)12(3)16(21)18-17/h4-9,12H,17H2,1-3H3,(H,18,21). The number of amides is 1. The predicted molar refractivity (Wildman–Crippen MR) is 80.8 cm³/mol. The highest BCUT2D eigenvalue weighted by atomic mass is 16.2. The van der Waals surface area contributed by atoms with Gasteiger partial charge in [-0.05, 0) is 26.8 Å². The van der Waals surface area contributed by atoms with Crippen LogP contribution in [0.3, 0.4) is 0 Å². The number of aromatic nitrogens is 1. The highest BCUT2D eigenvalue weighted by Gasteiger charge is 2.22. The minimum absolute atomic E-state index is 0.0460. The van der Waals surface area contributed by atoms with E-state index in [1.54, 1.807) is 19.1 Å². The van der Waals surface area contributed by atoms with Crippen molar-refractivity contribution in [3.63, 3.8) is 0 Å². The Kier molecular flexibility index (Phi) is 4.23. The molecule has 1 amide bonds. The SMILES string of the molecule is Cc1cc(C(=O)c2ccccc2)c(C)n1C(C)C(=O)NN. The Morgan fingerprint density at radius 2 is 1.81 bits per heavy atom. The molecule has 0 saturated heterocycles. The Morgan fingerprint density at radius 1 is 1.19 bits per heavy atom. The van der Waals surface area contributed by atoms with Gasteiger partial charge in [0.15, 0.2) is 5.78 Å². The van der Waals surface area contributed by atoms with Gasteiger partial charge >= 0.3 is 0 Å². The van der Waals surface area contributed by atoms with Crippen LogP contribution < -0.4 is 11.3 Å². The Morgan fingerprint density at radius 3 is 2.38 bits per heavy atom. The summed E-state index contributed by atoms with van der Waals surface area (Å²) in [7, 11) is 0. The van der Waals surface area contributed by atoms with Crippen molar-refractivity contribution in [1.82, 2.24) is 9.99 Å². The molecule has 2 aromatic rings. The molecule has 1 aromatic heterocycles. The normalized spacial score (nSPS) is 12.0. The first-order valence-corrected chi connectivity index (χ1v) is 6.76. The fourth-order valence-corrected chi connectivity index (χ4v) is 2.59. The van der Waals surface area contributed by atoms with Crippen molar-refractivity contribution in [2.24, 2.45) is 5.84 Å². The van der Waals surface area contributed by atoms with Crippen molar-refractivity contribution >= 4 is 11.7 Å². The van der Waals surface area contributed by atoms with Crippen molar-refractivity contribution in [2.45, 2.75) is 26.8 Å². The summed E-state index contributed by atoms with van der Waals surface area (Å²) in [6, 6.07) is 10.4. The first-order valence-electron chi connectivity index (χ1n) is 6.76.